The zero-order valence-corrected chi connectivity index (χ0v) is 8.70. The fourth-order valence-electron chi connectivity index (χ4n) is 1.01. The van der Waals surface area contributed by atoms with E-state index >= 15 is 0 Å². The maximum Gasteiger partial charge on any atom is 0.270 e. The smallest absolute Gasteiger partial charge is 0.270 e. The van der Waals surface area contributed by atoms with Crippen LogP contribution in [0.15, 0.2) is 22.7 Å². The Kier molecular flexibility index (Phi) is 3.54. The summed E-state index contributed by atoms with van der Waals surface area (Å²) in [5, 5.41) is 10.4. The summed E-state index contributed by atoms with van der Waals surface area (Å²) in [5.41, 5.74) is 5.39. The molecular formula is C8H8BrFN2O2. The molecule has 0 saturated carbocycles. The number of benzene rings is 1. The molecule has 1 atom stereocenters. The van der Waals surface area contributed by atoms with Crippen LogP contribution in [-0.2, 0) is 0 Å². The molecule has 1 aromatic carbocycles. The van der Waals surface area contributed by atoms with E-state index < -0.39 is 11.1 Å². The summed E-state index contributed by atoms with van der Waals surface area (Å²) >= 11 is 3.06. The molecule has 0 heterocycles. The van der Waals surface area contributed by atoms with Crippen LogP contribution < -0.4 is 5.73 Å². The van der Waals surface area contributed by atoms with Crippen LogP contribution in [0.1, 0.15) is 11.7 Å². The Morgan fingerprint density at radius 2 is 2.29 bits per heavy atom. The van der Waals surface area contributed by atoms with Gasteiger partial charge >= 0.3 is 0 Å². The fraction of sp³-hybridized carbons (Fsp3) is 0.250. The van der Waals surface area contributed by atoms with Crippen molar-refractivity contribution in [2.45, 2.75) is 6.17 Å². The van der Waals surface area contributed by atoms with Gasteiger partial charge in [-0.2, -0.15) is 0 Å². The van der Waals surface area contributed by atoms with Crippen LogP contribution in [0.25, 0.3) is 0 Å². The lowest BCUT2D eigenvalue weighted by Gasteiger charge is -2.07. The summed E-state index contributed by atoms with van der Waals surface area (Å²) in [6, 6.07) is 3.87. The van der Waals surface area contributed by atoms with Crippen molar-refractivity contribution >= 4 is 21.6 Å². The van der Waals surface area contributed by atoms with E-state index in [9.17, 15) is 14.5 Å². The molecule has 0 radical (unpaired) electrons. The summed E-state index contributed by atoms with van der Waals surface area (Å²) in [7, 11) is 0. The Morgan fingerprint density at radius 3 is 2.71 bits per heavy atom. The van der Waals surface area contributed by atoms with Gasteiger partial charge in [0, 0.05) is 28.7 Å². The van der Waals surface area contributed by atoms with Gasteiger partial charge in [-0.25, -0.2) is 4.39 Å². The molecule has 4 nitrogen and oxygen atoms in total. The molecule has 0 aromatic heterocycles. The average Bonchev–Trinajstić information content (AvgIpc) is 2.16. The van der Waals surface area contributed by atoms with Crippen molar-refractivity contribution in [3.8, 4) is 0 Å². The zero-order valence-electron chi connectivity index (χ0n) is 7.11. The van der Waals surface area contributed by atoms with Crippen molar-refractivity contribution in [1.29, 1.82) is 0 Å². The molecule has 76 valence electrons. The van der Waals surface area contributed by atoms with Gasteiger partial charge in [-0.05, 0) is 6.07 Å². The molecular weight excluding hydrogens is 255 g/mol. The number of nitro groups is 1. The monoisotopic (exact) mass is 262 g/mol. The second-order valence-electron chi connectivity index (χ2n) is 2.67. The third-order valence-electron chi connectivity index (χ3n) is 1.74. The van der Waals surface area contributed by atoms with Crippen LogP contribution in [0.4, 0.5) is 10.1 Å². The summed E-state index contributed by atoms with van der Waals surface area (Å²) < 4.78 is 13.5. The van der Waals surface area contributed by atoms with Crippen LogP contribution >= 0.6 is 15.9 Å². The predicted octanol–water partition coefficient (Wildman–Crippen LogP) is 2.33. The quantitative estimate of drug-likeness (QED) is 0.672. The Bertz CT molecular complexity index is 359. The van der Waals surface area contributed by atoms with E-state index in [4.69, 9.17) is 5.73 Å². The maximum absolute atomic E-state index is 13.1. The average molecular weight is 263 g/mol. The third-order valence-corrected chi connectivity index (χ3v) is 2.43. The van der Waals surface area contributed by atoms with Crippen LogP contribution in [0, 0.1) is 10.1 Å². The van der Waals surface area contributed by atoms with E-state index in [0.717, 1.165) is 0 Å². The van der Waals surface area contributed by atoms with Crippen molar-refractivity contribution in [3.63, 3.8) is 0 Å². The van der Waals surface area contributed by atoms with Crippen LogP contribution in [0.3, 0.4) is 0 Å². The minimum Gasteiger partial charge on any atom is -0.327 e. The van der Waals surface area contributed by atoms with Crippen molar-refractivity contribution in [2.24, 2.45) is 5.73 Å². The Balaban J connectivity index is 3.07. The number of nitro benzene ring substituents is 1. The first-order valence-electron chi connectivity index (χ1n) is 3.84. The van der Waals surface area contributed by atoms with Gasteiger partial charge in [0.25, 0.3) is 5.69 Å². The van der Waals surface area contributed by atoms with Gasteiger partial charge in [0.05, 0.1) is 4.92 Å². The Morgan fingerprint density at radius 1 is 1.64 bits per heavy atom. The van der Waals surface area contributed by atoms with Gasteiger partial charge in [0.15, 0.2) is 0 Å². The first-order valence-corrected chi connectivity index (χ1v) is 4.63. The van der Waals surface area contributed by atoms with Crippen molar-refractivity contribution < 1.29 is 9.31 Å². The standard InChI is InChI=1S/C8H8BrFN2O2/c9-7-3-5(12(13)14)1-2-6(7)8(10)4-11/h1-3,8H,4,11H2. The molecule has 0 aliphatic carbocycles. The van der Waals surface area contributed by atoms with E-state index in [-0.39, 0.29) is 12.2 Å². The molecule has 0 aliphatic heterocycles. The lowest BCUT2D eigenvalue weighted by molar-refractivity contribution is -0.384. The SMILES string of the molecule is NCC(F)c1ccc([N+](=O)[O-])cc1Br. The number of nitrogens with two attached hydrogens (primary N) is 1. The van der Waals surface area contributed by atoms with Gasteiger partial charge in [0.1, 0.15) is 6.17 Å². The molecule has 14 heavy (non-hydrogen) atoms. The highest BCUT2D eigenvalue weighted by molar-refractivity contribution is 9.10. The summed E-state index contributed by atoms with van der Waals surface area (Å²) in [6.45, 7) is -0.142. The highest BCUT2D eigenvalue weighted by atomic mass is 79.9. The molecule has 1 aromatic rings. The molecule has 2 N–H and O–H groups in total. The van der Waals surface area contributed by atoms with Gasteiger partial charge in [-0.15, -0.1) is 0 Å². The first kappa shape index (κ1) is 11.1. The molecule has 0 fully saturated rings. The lowest BCUT2D eigenvalue weighted by atomic mass is 10.1. The van der Waals surface area contributed by atoms with Gasteiger partial charge in [0.2, 0.25) is 0 Å². The molecule has 0 amide bonds. The Hall–Kier alpha value is -1.01. The second kappa shape index (κ2) is 4.47. The molecule has 0 saturated heterocycles. The molecule has 0 aliphatic rings. The Labute approximate surface area is 88.2 Å². The summed E-state index contributed by atoms with van der Waals surface area (Å²) in [5.74, 6) is 0. The largest absolute Gasteiger partial charge is 0.327 e. The van der Waals surface area contributed by atoms with E-state index in [1.54, 1.807) is 0 Å². The third kappa shape index (κ3) is 2.27. The minimum atomic E-state index is -1.30. The predicted molar refractivity (Wildman–Crippen MR) is 53.7 cm³/mol. The number of hydrogen-bond donors (Lipinski definition) is 1. The highest BCUT2D eigenvalue weighted by Crippen LogP contribution is 2.28. The summed E-state index contributed by atoms with van der Waals surface area (Å²) in [4.78, 5) is 9.83. The van der Waals surface area contributed by atoms with Crippen LogP contribution in [-0.4, -0.2) is 11.5 Å². The molecule has 0 bridgehead atoms. The molecule has 6 heteroatoms. The number of rotatable bonds is 3. The maximum atomic E-state index is 13.1. The number of nitrogens with zero attached hydrogens (tertiary/aromatic N) is 1. The van der Waals surface area contributed by atoms with E-state index in [1.165, 1.54) is 18.2 Å². The molecule has 0 spiro atoms. The number of alkyl halides is 1. The minimum absolute atomic E-state index is 0.0788. The van der Waals surface area contributed by atoms with Crippen molar-refractivity contribution in [3.05, 3.63) is 38.3 Å². The topological polar surface area (TPSA) is 69.2 Å². The zero-order chi connectivity index (χ0) is 10.7. The van der Waals surface area contributed by atoms with Gasteiger partial charge < -0.3 is 5.73 Å². The van der Waals surface area contributed by atoms with Crippen molar-refractivity contribution in [1.82, 2.24) is 0 Å². The number of halogens is 2. The van der Waals surface area contributed by atoms with Crippen LogP contribution in [0.2, 0.25) is 0 Å². The van der Waals surface area contributed by atoms with Gasteiger partial charge in [-0.1, -0.05) is 15.9 Å². The normalized spacial score (nSPS) is 12.5. The second-order valence-corrected chi connectivity index (χ2v) is 3.52. The first-order chi connectivity index (χ1) is 6.56. The molecule has 1 rings (SSSR count). The van der Waals surface area contributed by atoms with Crippen LogP contribution in [0.5, 0.6) is 0 Å². The number of non-ortho nitro benzene ring substituents is 1. The number of hydrogen-bond acceptors (Lipinski definition) is 3. The van der Waals surface area contributed by atoms with Gasteiger partial charge in [-0.3, -0.25) is 10.1 Å². The van der Waals surface area contributed by atoms with E-state index in [2.05, 4.69) is 15.9 Å². The lowest BCUT2D eigenvalue weighted by Crippen LogP contribution is -2.08. The van der Waals surface area contributed by atoms with Crippen molar-refractivity contribution in [2.75, 3.05) is 6.54 Å². The van der Waals surface area contributed by atoms with E-state index in [0.29, 0.717) is 10.0 Å². The fourth-order valence-corrected chi connectivity index (χ4v) is 1.63. The highest BCUT2D eigenvalue weighted by Gasteiger charge is 2.14. The molecule has 1 unspecified atom stereocenters. The summed E-state index contributed by atoms with van der Waals surface area (Å²) in [6.07, 6.45) is -1.30. The van der Waals surface area contributed by atoms with E-state index in [1.807, 2.05) is 0 Å².